The molecule has 7 heteroatoms. The van der Waals surface area contributed by atoms with Crippen molar-refractivity contribution in [2.24, 2.45) is 0 Å². The van der Waals surface area contributed by atoms with Crippen molar-refractivity contribution in [3.8, 4) is 6.07 Å². The van der Waals surface area contributed by atoms with Crippen LogP contribution in [0, 0.1) is 11.3 Å². The van der Waals surface area contributed by atoms with Gasteiger partial charge in [-0.15, -0.1) is 16.4 Å². The number of H-pyrrole nitrogens is 1. The number of nitriles is 1. The Kier molecular flexibility index (Phi) is 3.24. The van der Waals surface area contributed by atoms with Gasteiger partial charge in [-0.3, -0.25) is 9.89 Å². The second-order valence-corrected chi connectivity index (χ2v) is 5.69. The van der Waals surface area contributed by atoms with Gasteiger partial charge in [-0.2, -0.15) is 5.26 Å². The summed E-state index contributed by atoms with van der Waals surface area (Å²) in [7, 11) is 0. The van der Waals surface area contributed by atoms with Crippen molar-refractivity contribution in [1.29, 1.82) is 5.26 Å². The molecule has 2 aromatic rings. The van der Waals surface area contributed by atoms with Gasteiger partial charge < -0.3 is 5.32 Å². The number of carbonyl (C=O) groups is 1. The van der Waals surface area contributed by atoms with E-state index in [1.807, 2.05) is 6.92 Å². The van der Waals surface area contributed by atoms with Crippen LogP contribution in [0.1, 0.15) is 45.8 Å². The molecule has 2 N–H and O–H groups in total. The molecule has 6 nitrogen and oxygen atoms in total. The lowest BCUT2D eigenvalue weighted by molar-refractivity contribution is 0.101. The number of aromatic nitrogens is 3. The van der Waals surface area contributed by atoms with E-state index in [0.717, 1.165) is 24.8 Å². The molecule has 2 aromatic heterocycles. The van der Waals surface area contributed by atoms with E-state index < -0.39 is 0 Å². The van der Waals surface area contributed by atoms with Gasteiger partial charge in [-0.25, -0.2) is 4.98 Å². The average molecular weight is 287 g/mol. The molecule has 20 heavy (non-hydrogen) atoms. The van der Waals surface area contributed by atoms with Crippen molar-refractivity contribution in [3.05, 3.63) is 27.7 Å². The molecule has 1 aliphatic carbocycles. The van der Waals surface area contributed by atoms with E-state index in [0.29, 0.717) is 22.8 Å². The summed E-state index contributed by atoms with van der Waals surface area (Å²) < 4.78 is 0. The number of amides is 1. The van der Waals surface area contributed by atoms with Crippen LogP contribution in [0.25, 0.3) is 0 Å². The number of hydrogen-bond donors (Lipinski definition) is 2. The van der Waals surface area contributed by atoms with E-state index in [4.69, 9.17) is 0 Å². The molecule has 102 valence electrons. The summed E-state index contributed by atoms with van der Waals surface area (Å²) in [5, 5.41) is 19.2. The van der Waals surface area contributed by atoms with Crippen LogP contribution < -0.4 is 5.32 Å². The monoisotopic (exact) mass is 287 g/mol. The van der Waals surface area contributed by atoms with Gasteiger partial charge in [0, 0.05) is 11.3 Å². The molecule has 0 spiro atoms. The fraction of sp³-hybridized carbons (Fsp3) is 0.385. The van der Waals surface area contributed by atoms with Crippen molar-refractivity contribution < 1.29 is 4.79 Å². The Morgan fingerprint density at radius 1 is 1.55 bits per heavy atom. The van der Waals surface area contributed by atoms with Crippen LogP contribution in [0.15, 0.2) is 0 Å². The van der Waals surface area contributed by atoms with Crippen LogP contribution in [0.2, 0.25) is 0 Å². The standard InChI is InChI=1S/C13H13N5OS/c1-2-10-15-11(18-17-10)12(19)16-13-8(6-14)7-4-3-5-9(7)20-13/h2-5H2,1H3,(H,16,19)(H,15,17,18). The number of hydrogen-bond acceptors (Lipinski definition) is 5. The molecule has 0 fully saturated rings. The zero-order chi connectivity index (χ0) is 14.1. The maximum atomic E-state index is 12.1. The maximum absolute atomic E-state index is 12.1. The summed E-state index contributed by atoms with van der Waals surface area (Å²) in [4.78, 5) is 17.4. The molecule has 0 aliphatic heterocycles. The second kappa shape index (κ2) is 5.06. The Bertz CT molecular complexity index is 709. The number of aromatic amines is 1. The van der Waals surface area contributed by atoms with Crippen LogP contribution in [0.4, 0.5) is 5.00 Å². The molecule has 0 saturated carbocycles. The number of rotatable bonds is 3. The number of fused-ring (bicyclic) bond motifs is 1. The molecule has 1 aliphatic rings. The molecule has 0 radical (unpaired) electrons. The minimum absolute atomic E-state index is 0.110. The Balaban J connectivity index is 1.85. The molecule has 0 unspecified atom stereocenters. The third-order valence-corrected chi connectivity index (χ3v) is 4.54. The Morgan fingerprint density at radius 3 is 3.10 bits per heavy atom. The summed E-state index contributed by atoms with van der Waals surface area (Å²) in [5.74, 6) is 0.404. The average Bonchev–Trinajstić information content (AvgIpc) is 3.13. The van der Waals surface area contributed by atoms with Gasteiger partial charge in [0.25, 0.3) is 5.91 Å². The maximum Gasteiger partial charge on any atom is 0.295 e. The lowest BCUT2D eigenvalue weighted by atomic mass is 10.1. The fourth-order valence-electron chi connectivity index (χ4n) is 2.32. The summed E-state index contributed by atoms with van der Waals surface area (Å²) in [6.07, 6.45) is 3.69. The van der Waals surface area contributed by atoms with Crippen LogP contribution >= 0.6 is 11.3 Å². The molecule has 1 amide bonds. The van der Waals surface area contributed by atoms with Gasteiger partial charge in [0.05, 0.1) is 5.56 Å². The van der Waals surface area contributed by atoms with Gasteiger partial charge in [0.15, 0.2) is 0 Å². The molecule has 0 atom stereocenters. The molecule has 3 rings (SSSR count). The van der Waals surface area contributed by atoms with E-state index >= 15 is 0 Å². The first-order chi connectivity index (χ1) is 9.72. The Morgan fingerprint density at radius 2 is 2.40 bits per heavy atom. The molecule has 0 aromatic carbocycles. The smallest absolute Gasteiger partial charge is 0.295 e. The van der Waals surface area contributed by atoms with Crippen molar-refractivity contribution in [3.63, 3.8) is 0 Å². The zero-order valence-electron chi connectivity index (χ0n) is 11.0. The largest absolute Gasteiger partial charge is 0.310 e. The highest BCUT2D eigenvalue weighted by atomic mass is 32.1. The first kappa shape index (κ1) is 12.8. The second-order valence-electron chi connectivity index (χ2n) is 4.59. The number of thiophene rings is 1. The van der Waals surface area contributed by atoms with Crippen LogP contribution in [0.5, 0.6) is 0 Å². The van der Waals surface area contributed by atoms with Gasteiger partial charge in [-0.05, 0) is 24.8 Å². The lowest BCUT2D eigenvalue weighted by Crippen LogP contribution is -2.13. The highest BCUT2D eigenvalue weighted by molar-refractivity contribution is 7.16. The quantitative estimate of drug-likeness (QED) is 0.903. The van der Waals surface area contributed by atoms with Crippen LogP contribution in [-0.4, -0.2) is 21.1 Å². The van der Waals surface area contributed by atoms with Crippen molar-refractivity contribution in [2.45, 2.75) is 32.6 Å². The zero-order valence-corrected chi connectivity index (χ0v) is 11.8. The normalized spacial score (nSPS) is 13.0. The van der Waals surface area contributed by atoms with Gasteiger partial charge in [0.2, 0.25) is 5.82 Å². The molecular weight excluding hydrogens is 274 g/mol. The lowest BCUT2D eigenvalue weighted by Gasteiger charge is -2.00. The van der Waals surface area contributed by atoms with Crippen molar-refractivity contribution in [1.82, 2.24) is 15.2 Å². The summed E-state index contributed by atoms with van der Waals surface area (Å²) in [6, 6.07) is 2.20. The Hall–Kier alpha value is -2.20. The van der Waals surface area contributed by atoms with Gasteiger partial charge in [0.1, 0.15) is 16.9 Å². The first-order valence-corrected chi connectivity index (χ1v) is 7.31. The summed E-state index contributed by atoms with van der Waals surface area (Å²) in [6.45, 7) is 1.93. The predicted octanol–water partition coefficient (Wildman–Crippen LogP) is 2.04. The minimum Gasteiger partial charge on any atom is -0.310 e. The summed E-state index contributed by atoms with van der Waals surface area (Å²) in [5.41, 5.74) is 1.69. The molecule has 0 bridgehead atoms. The van der Waals surface area contributed by atoms with Gasteiger partial charge >= 0.3 is 0 Å². The molecule has 0 saturated heterocycles. The Labute approximate surface area is 119 Å². The van der Waals surface area contributed by atoms with Gasteiger partial charge in [-0.1, -0.05) is 6.92 Å². The number of nitrogens with one attached hydrogen (secondary N) is 2. The van der Waals surface area contributed by atoms with Crippen molar-refractivity contribution >= 4 is 22.2 Å². The van der Waals surface area contributed by atoms with E-state index in [-0.39, 0.29) is 11.7 Å². The number of anilines is 1. The van der Waals surface area contributed by atoms with E-state index in [1.54, 1.807) is 0 Å². The van der Waals surface area contributed by atoms with E-state index in [2.05, 4.69) is 26.6 Å². The fourth-order valence-corrected chi connectivity index (χ4v) is 3.56. The predicted molar refractivity (Wildman–Crippen MR) is 74.8 cm³/mol. The number of carbonyl (C=O) groups excluding carboxylic acids is 1. The SMILES string of the molecule is CCc1nc(C(=O)Nc2sc3c(c2C#N)CCC3)n[nH]1. The number of nitrogens with zero attached hydrogens (tertiary/aromatic N) is 3. The number of aryl methyl sites for hydroxylation is 2. The topological polar surface area (TPSA) is 94.5 Å². The summed E-state index contributed by atoms with van der Waals surface area (Å²) >= 11 is 1.49. The highest BCUT2D eigenvalue weighted by Crippen LogP contribution is 2.38. The third-order valence-electron chi connectivity index (χ3n) is 3.33. The third kappa shape index (κ3) is 2.08. The first-order valence-electron chi connectivity index (χ1n) is 6.50. The van der Waals surface area contributed by atoms with Crippen molar-refractivity contribution in [2.75, 3.05) is 5.32 Å². The minimum atomic E-state index is -0.377. The molecule has 2 heterocycles. The molecular formula is C13H13N5OS. The van der Waals surface area contributed by atoms with Crippen LogP contribution in [-0.2, 0) is 19.3 Å². The van der Waals surface area contributed by atoms with E-state index in [9.17, 15) is 10.1 Å². The van der Waals surface area contributed by atoms with E-state index in [1.165, 1.54) is 16.2 Å². The highest BCUT2D eigenvalue weighted by Gasteiger charge is 2.24. The van der Waals surface area contributed by atoms with Crippen LogP contribution in [0.3, 0.4) is 0 Å².